The molecule has 0 spiro atoms. The molecule has 0 bridgehead atoms. The molecule has 0 radical (unpaired) electrons. The third-order valence-corrected chi connectivity index (χ3v) is 3.40. The Morgan fingerprint density at radius 3 is 2.42 bits per heavy atom. The van der Waals surface area contributed by atoms with Gasteiger partial charge in [0.25, 0.3) is 5.91 Å². The summed E-state index contributed by atoms with van der Waals surface area (Å²) in [5, 5.41) is 0. The van der Waals surface area contributed by atoms with Crippen molar-refractivity contribution >= 4 is 11.8 Å². The quantitative estimate of drug-likeness (QED) is 0.744. The van der Waals surface area contributed by atoms with Gasteiger partial charge in [-0.3, -0.25) is 20.4 Å². The van der Waals surface area contributed by atoms with E-state index < -0.39 is 23.7 Å². The predicted molar refractivity (Wildman–Crippen MR) is 94.1 cm³/mol. The van der Waals surface area contributed by atoms with Gasteiger partial charge >= 0.3 is 0 Å². The number of hydrogen-bond acceptors (Lipinski definition) is 4. The summed E-state index contributed by atoms with van der Waals surface area (Å²) in [5.41, 5.74) is 5.08. The summed E-state index contributed by atoms with van der Waals surface area (Å²) in [4.78, 5) is 23.8. The summed E-state index contributed by atoms with van der Waals surface area (Å²) in [5.74, 6) is -0.177. The van der Waals surface area contributed by atoms with Crippen LogP contribution >= 0.6 is 0 Å². The molecule has 0 aliphatic heterocycles. The van der Waals surface area contributed by atoms with Gasteiger partial charge in [0, 0.05) is 0 Å². The van der Waals surface area contributed by atoms with Crippen LogP contribution in [0.4, 0.5) is 4.39 Å². The van der Waals surface area contributed by atoms with E-state index in [1.165, 1.54) is 18.2 Å². The number of hydrogen-bond donors (Lipinski definition) is 2. The Labute approximate surface area is 151 Å². The molecule has 0 aliphatic rings. The minimum atomic E-state index is -0.817. The maximum atomic E-state index is 13.1. The van der Waals surface area contributed by atoms with Gasteiger partial charge in [-0.2, -0.15) is 0 Å². The van der Waals surface area contributed by atoms with Gasteiger partial charge in [0.15, 0.2) is 6.10 Å². The molecule has 138 valence electrons. The summed E-state index contributed by atoms with van der Waals surface area (Å²) in [6.45, 7) is 4.01. The third kappa shape index (κ3) is 6.08. The van der Waals surface area contributed by atoms with E-state index in [-0.39, 0.29) is 6.42 Å². The van der Waals surface area contributed by atoms with Gasteiger partial charge < -0.3 is 9.47 Å². The molecule has 2 aromatic carbocycles. The molecule has 7 heteroatoms. The van der Waals surface area contributed by atoms with Gasteiger partial charge in [0.1, 0.15) is 17.3 Å². The summed E-state index contributed by atoms with van der Waals surface area (Å²) >= 11 is 0. The lowest BCUT2D eigenvalue weighted by Crippen LogP contribution is -2.47. The highest BCUT2D eigenvalue weighted by Gasteiger charge is 2.15. The first kappa shape index (κ1) is 19.2. The Balaban J connectivity index is 1.78. The molecule has 0 fully saturated rings. The molecule has 0 aromatic heterocycles. The van der Waals surface area contributed by atoms with Crippen molar-refractivity contribution in [3.8, 4) is 11.5 Å². The van der Waals surface area contributed by atoms with Crippen molar-refractivity contribution in [2.75, 3.05) is 6.61 Å². The number of ether oxygens (including phenoxy) is 2. The molecular formula is C19H21FN2O4. The van der Waals surface area contributed by atoms with Crippen molar-refractivity contribution in [2.45, 2.75) is 26.4 Å². The molecular weight excluding hydrogens is 339 g/mol. The van der Waals surface area contributed by atoms with E-state index in [2.05, 4.69) is 10.9 Å². The average Bonchev–Trinajstić information content (AvgIpc) is 2.61. The molecule has 1 atom stereocenters. The van der Waals surface area contributed by atoms with E-state index >= 15 is 0 Å². The van der Waals surface area contributed by atoms with Crippen molar-refractivity contribution in [1.29, 1.82) is 0 Å². The first-order chi connectivity index (χ1) is 12.5. The van der Waals surface area contributed by atoms with Gasteiger partial charge in [-0.15, -0.1) is 0 Å². The Hall–Kier alpha value is -3.09. The zero-order valence-corrected chi connectivity index (χ0v) is 14.6. The number of hydrazine groups is 1. The smallest absolute Gasteiger partial charge is 0.279 e. The van der Waals surface area contributed by atoms with Crippen LogP contribution in [0.5, 0.6) is 11.5 Å². The monoisotopic (exact) mass is 360 g/mol. The van der Waals surface area contributed by atoms with Crippen LogP contribution < -0.4 is 20.3 Å². The molecule has 0 saturated carbocycles. The van der Waals surface area contributed by atoms with Gasteiger partial charge in [0.2, 0.25) is 5.91 Å². The first-order valence-electron chi connectivity index (χ1n) is 8.20. The Bertz CT molecular complexity index is 749. The van der Waals surface area contributed by atoms with Crippen LogP contribution in [0.3, 0.4) is 0 Å². The van der Waals surface area contributed by atoms with Crippen molar-refractivity contribution in [3.63, 3.8) is 0 Å². The summed E-state index contributed by atoms with van der Waals surface area (Å²) in [7, 11) is 0. The van der Waals surface area contributed by atoms with Gasteiger partial charge in [0.05, 0.1) is 13.0 Å². The van der Waals surface area contributed by atoms with Gasteiger partial charge in [-0.1, -0.05) is 12.1 Å². The Morgan fingerprint density at radius 2 is 1.77 bits per heavy atom. The molecule has 2 N–H and O–H groups in total. The van der Waals surface area contributed by atoms with Crippen molar-refractivity contribution in [1.82, 2.24) is 10.9 Å². The molecule has 0 heterocycles. The van der Waals surface area contributed by atoms with Gasteiger partial charge in [-0.25, -0.2) is 4.39 Å². The number of nitrogens with one attached hydrogen (secondary N) is 2. The van der Waals surface area contributed by atoms with E-state index in [9.17, 15) is 14.0 Å². The fourth-order valence-corrected chi connectivity index (χ4v) is 2.15. The maximum absolute atomic E-state index is 13.1. The van der Waals surface area contributed by atoms with Crippen molar-refractivity contribution < 1.29 is 23.5 Å². The Kier molecular flexibility index (Phi) is 6.96. The molecule has 0 aliphatic carbocycles. The van der Waals surface area contributed by atoms with E-state index in [0.29, 0.717) is 23.7 Å². The van der Waals surface area contributed by atoms with Crippen LogP contribution in [-0.4, -0.2) is 24.5 Å². The Morgan fingerprint density at radius 1 is 1.08 bits per heavy atom. The molecule has 6 nitrogen and oxygen atoms in total. The molecule has 0 saturated heterocycles. The largest absolute Gasteiger partial charge is 0.494 e. The highest BCUT2D eigenvalue weighted by molar-refractivity contribution is 5.85. The second-order valence-electron chi connectivity index (χ2n) is 5.51. The zero-order valence-electron chi connectivity index (χ0n) is 14.6. The number of carbonyl (C=O) groups is 2. The predicted octanol–water partition coefficient (Wildman–Crippen LogP) is 2.38. The van der Waals surface area contributed by atoms with Gasteiger partial charge in [-0.05, 0) is 55.8 Å². The number of benzene rings is 2. The number of amides is 2. The highest BCUT2D eigenvalue weighted by atomic mass is 19.1. The topological polar surface area (TPSA) is 76.7 Å². The standard InChI is InChI=1S/C19H21FN2O4/c1-3-25-16-7-9-17(10-8-16)26-13(2)19(24)22-21-18(23)12-14-5-4-6-15(20)11-14/h4-11,13H,3,12H2,1-2H3,(H,21,23)(H,22,24)/t13-/m0/s1. The van der Waals surface area contributed by atoms with E-state index in [4.69, 9.17) is 9.47 Å². The number of carbonyl (C=O) groups excluding carboxylic acids is 2. The van der Waals surface area contributed by atoms with Crippen LogP contribution in [0.1, 0.15) is 19.4 Å². The lowest BCUT2D eigenvalue weighted by atomic mass is 10.1. The fourth-order valence-electron chi connectivity index (χ4n) is 2.15. The van der Waals surface area contributed by atoms with E-state index in [1.807, 2.05) is 6.92 Å². The zero-order chi connectivity index (χ0) is 18.9. The average molecular weight is 360 g/mol. The molecule has 0 unspecified atom stereocenters. The van der Waals surface area contributed by atoms with Crippen LogP contribution in [0.15, 0.2) is 48.5 Å². The molecule has 2 rings (SSSR count). The summed E-state index contributed by atoms with van der Waals surface area (Å²) in [6, 6.07) is 12.6. The van der Waals surface area contributed by atoms with Crippen molar-refractivity contribution in [3.05, 3.63) is 59.9 Å². The van der Waals surface area contributed by atoms with Crippen LogP contribution in [0.2, 0.25) is 0 Å². The van der Waals surface area contributed by atoms with Crippen LogP contribution in [-0.2, 0) is 16.0 Å². The molecule has 2 aromatic rings. The SMILES string of the molecule is CCOc1ccc(O[C@@H](C)C(=O)NNC(=O)Cc2cccc(F)c2)cc1. The highest BCUT2D eigenvalue weighted by Crippen LogP contribution is 2.18. The minimum absolute atomic E-state index is 0.0494. The van der Waals surface area contributed by atoms with Crippen molar-refractivity contribution in [2.24, 2.45) is 0 Å². The summed E-state index contributed by atoms with van der Waals surface area (Å²) < 4.78 is 23.9. The normalized spacial score (nSPS) is 11.3. The van der Waals surface area contributed by atoms with Crippen LogP contribution in [0, 0.1) is 5.82 Å². The lowest BCUT2D eigenvalue weighted by molar-refractivity contribution is -0.132. The minimum Gasteiger partial charge on any atom is -0.494 e. The van der Waals surface area contributed by atoms with Crippen LogP contribution in [0.25, 0.3) is 0 Å². The molecule has 2 amide bonds. The second kappa shape index (κ2) is 9.41. The first-order valence-corrected chi connectivity index (χ1v) is 8.20. The maximum Gasteiger partial charge on any atom is 0.279 e. The van der Waals surface area contributed by atoms with E-state index in [1.54, 1.807) is 37.3 Å². The fraction of sp³-hybridized carbons (Fsp3) is 0.263. The number of rotatable bonds is 7. The lowest BCUT2D eigenvalue weighted by Gasteiger charge is -2.15. The second-order valence-corrected chi connectivity index (χ2v) is 5.51. The van der Waals surface area contributed by atoms with E-state index in [0.717, 1.165) is 0 Å². The summed E-state index contributed by atoms with van der Waals surface area (Å²) in [6.07, 6.45) is -0.867. The molecule has 26 heavy (non-hydrogen) atoms. The third-order valence-electron chi connectivity index (χ3n) is 3.40. The number of halogens is 1.